The summed E-state index contributed by atoms with van der Waals surface area (Å²) < 4.78 is 0. The zero-order chi connectivity index (χ0) is 40.6. The van der Waals surface area contributed by atoms with Gasteiger partial charge in [0.25, 0.3) is 0 Å². The van der Waals surface area contributed by atoms with E-state index < -0.39 is 0 Å². The van der Waals surface area contributed by atoms with Crippen LogP contribution < -0.4 is 0 Å². The first-order chi connectivity index (χ1) is 25.6. The number of hydrogen-bond acceptors (Lipinski definition) is 7. The zero-order valence-electron chi connectivity index (χ0n) is 38.8. The van der Waals surface area contributed by atoms with Crippen molar-refractivity contribution in [2.24, 2.45) is 17.8 Å². The van der Waals surface area contributed by atoms with E-state index in [9.17, 15) is 9.90 Å². The Morgan fingerprint density at radius 3 is 1.04 bits per heavy atom. The van der Waals surface area contributed by atoms with Gasteiger partial charge in [-0.15, -0.1) is 0 Å². The summed E-state index contributed by atoms with van der Waals surface area (Å²) in [5.74, 6) is 3.05. The van der Waals surface area contributed by atoms with Gasteiger partial charge in [0.1, 0.15) is 5.78 Å². The quantitative estimate of drug-likeness (QED) is 0.251. The van der Waals surface area contributed by atoms with Crippen LogP contribution in [0.5, 0.6) is 0 Å². The second kappa shape index (κ2) is 29.6. The minimum atomic E-state index is -0.0730. The van der Waals surface area contributed by atoms with Crippen molar-refractivity contribution in [3.8, 4) is 0 Å². The van der Waals surface area contributed by atoms with Crippen LogP contribution in [0.25, 0.3) is 0 Å². The molecule has 1 atom stereocenters. The number of hydrogen-bond donors (Lipinski definition) is 1. The molecular weight excluding hydrogens is 667 g/mol. The molecule has 5 aliphatic rings. The van der Waals surface area contributed by atoms with Crippen LogP contribution in [0.2, 0.25) is 0 Å². The van der Waals surface area contributed by atoms with Crippen molar-refractivity contribution < 1.29 is 9.90 Å². The molecule has 7 nitrogen and oxygen atoms in total. The van der Waals surface area contributed by atoms with Crippen molar-refractivity contribution in [3.63, 3.8) is 0 Å². The number of carbonyl (C=O) groups is 1. The fourth-order valence-electron chi connectivity index (χ4n) is 8.72. The SMILES string of the molecule is CC(=O)CC1CCN(C(C)C)CC1.CC(C)N1CCCC(O)C1.CC(C)N1CCCCC1.CCC1CCN(C(C)C)CC1.CCC1CCN(C(C)C)CC1. The van der Waals surface area contributed by atoms with Gasteiger partial charge in [-0.3, -0.25) is 4.90 Å². The molecule has 0 radical (unpaired) electrons. The molecule has 5 rings (SSSR count). The molecule has 5 saturated heterocycles. The predicted octanol–water partition coefficient (Wildman–Crippen LogP) is 9.85. The van der Waals surface area contributed by atoms with E-state index in [2.05, 4.69) is 108 Å². The number of likely N-dealkylation sites (tertiary alicyclic amines) is 5. The lowest BCUT2D eigenvalue weighted by atomic mass is 9.91. The van der Waals surface area contributed by atoms with Gasteiger partial charge in [-0.05, 0) is 217 Å². The van der Waals surface area contributed by atoms with Gasteiger partial charge in [-0.1, -0.05) is 33.1 Å². The first-order valence-corrected chi connectivity index (χ1v) is 23.4. The molecule has 5 aliphatic heterocycles. The Morgan fingerprint density at radius 2 is 0.778 bits per heavy atom. The van der Waals surface area contributed by atoms with E-state index in [1.54, 1.807) is 6.92 Å². The lowest BCUT2D eigenvalue weighted by Gasteiger charge is -2.34. The Labute approximate surface area is 338 Å². The van der Waals surface area contributed by atoms with Gasteiger partial charge < -0.3 is 29.5 Å². The number of nitrogens with zero attached hydrogens (tertiary/aromatic N) is 5. The Hall–Kier alpha value is -0.570. The molecule has 7 heteroatoms. The summed E-state index contributed by atoms with van der Waals surface area (Å²) in [6, 6.07) is 3.54. The van der Waals surface area contributed by atoms with Gasteiger partial charge in [0.05, 0.1) is 6.10 Å². The largest absolute Gasteiger partial charge is 0.392 e. The monoisotopic (exact) mass is 764 g/mol. The normalized spacial score (nSPS) is 23.6. The van der Waals surface area contributed by atoms with Crippen LogP contribution in [0.3, 0.4) is 0 Å². The third-order valence-electron chi connectivity index (χ3n) is 13.1. The van der Waals surface area contributed by atoms with Gasteiger partial charge in [0, 0.05) is 43.2 Å². The molecule has 1 unspecified atom stereocenters. The first kappa shape index (κ1) is 51.4. The number of Topliss-reactive ketones (excluding diaryl/α,β-unsaturated/α-hetero) is 1. The number of ketones is 1. The zero-order valence-corrected chi connectivity index (χ0v) is 38.8. The van der Waals surface area contributed by atoms with Crippen molar-refractivity contribution in [3.05, 3.63) is 0 Å². The predicted molar refractivity (Wildman–Crippen MR) is 237 cm³/mol. The highest BCUT2D eigenvalue weighted by Gasteiger charge is 2.22. The van der Waals surface area contributed by atoms with Gasteiger partial charge >= 0.3 is 0 Å². The highest BCUT2D eigenvalue weighted by molar-refractivity contribution is 5.75. The van der Waals surface area contributed by atoms with Crippen molar-refractivity contribution >= 4 is 5.78 Å². The molecule has 0 aromatic carbocycles. The first-order valence-electron chi connectivity index (χ1n) is 23.4. The molecular formula is C47H97N5O2. The molecule has 5 fully saturated rings. The summed E-state index contributed by atoms with van der Waals surface area (Å²) in [7, 11) is 0. The summed E-state index contributed by atoms with van der Waals surface area (Å²) in [5, 5.41) is 9.29. The molecule has 54 heavy (non-hydrogen) atoms. The lowest BCUT2D eigenvalue weighted by molar-refractivity contribution is -0.118. The maximum absolute atomic E-state index is 10.9. The van der Waals surface area contributed by atoms with E-state index in [0.717, 1.165) is 62.3 Å². The molecule has 322 valence electrons. The molecule has 5 heterocycles. The maximum atomic E-state index is 10.9. The van der Waals surface area contributed by atoms with Gasteiger partial charge in [-0.2, -0.15) is 0 Å². The number of β-amino-alcohol motifs (C(OH)–C–C–N with tert-alkyl or cyclic N) is 1. The van der Waals surface area contributed by atoms with Crippen LogP contribution in [0, 0.1) is 17.8 Å². The van der Waals surface area contributed by atoms with Crippen LogP contribution in [0.4, 0.5) is 0 Å². The fraction of sp³-hybridized carbons (Fsp3) is 0.979. The number of aliphatic hydroxyl groups is 1. The number of carbonyl (C=O) groups excluding carboxylic acids is 1. The fourth-order valence-corrected chi connectivity index (χ4v) is 8.72. The lowest BCUT2D eigenvalue weighted by Crippen LogP contribution is -2.42. The summed E-state index contributed by atoms with van der Waals surface area (Å²) >= 11 is 0. The van der Waals surface area contributed by atoms with E-state index in [0.29, 0.717) is 23.8 Å². The summed E-state index contributed by atoms with van der Waals surface area (Å²) in [6.07, 6.45) is 18.0. The van der Waals surface area contributed by atoms with Crippen LogP contribution in [-0.2, 0) is 4.79 Å². The Balaban J connectivity index is 0.000000339. The maximum Gasteiger partial charge on any atom is 0.130 e. The molecule has 0 aliphatic carbocycles. The van der Waals surface area contributed by atoms with Crippen molar-refractivity contribution in [2.75, 3.05) is 65.4 Å². The third-order valence-corrected chi connectivity index (χ3v) is 13.1. The Morgan fingerprint density at radius 1 is 0.463 bits per heavy atom. The molecule has 0 saturated carbocycles. The molecule has 1 N–H and O–H groups in total. The average Bonchev–Trinajstić information content (AvgIpc) is 3.16. The van der Waals surface area contributed by atoms with Gasteiger partial charge in [0.15, 0.2) is 0 Å². The van der Waals surface area contributed by atoms with Crippen molar-refractivity contribution in [2.45, 2.75) is 216 Å². The average molecular weight is 764 g/mol. The second-order valence-electron chi connectivity index (χ2n) is 19.0. The smallest absolute Gasteiger partial charge is 0.130 e. The molecule has 0 spiro atoms. The summed E-state index contributed by atoms with van der Waals surface area (Å²) in [6.45, 7) is 41.3. The Kier molecular flexibility index (Phi) is 28.2. The highest BCUT2D eigenvalue weighted by atomic mass is 16.3. The van der Waals surface area contributed by atoms with Gasteiger partial charge in [0.2, 0.25) is 0 Å². The summed E-state index contributed by atoms with van der Waals surface area (Å²) in [5.41, 5.74) is 0. The van der Waals surface area contributed by atoms with E-state index in [-0.39, 0.29) is 6.10 Å². The molecule has 0 aromatic rings. The number of piperidine rings is 5. The van der Waals surface area contributed by atoms with Crippen molar-refractivity contribution in [1.29, 1.82) is 0 Å². The molecule has 0 amide bonds. The Bertz CT molecular complexity index is 853. The van der Waals surface area contributed by atoms with E-state index >= 15 is 0 Å². The summed E-state index contributed by atoms with van der Waals surface area (Å²) in [4.78, 5) is 23.5. The third kappa shape index (κ3) is 23.0. The topological polar surface area (TPSA) is 53.5 Å². The minimum Gasteiger partial charge on any atom is -0.392 e. The van der Waals surface area contributed by atoms with Gasteiger partial charge in [-0.25, -0.2) is 0 Å². The van der Waals surface area contributed by atoms with Crippen LogP contribution in [0.1, 0.15) is 180 Å². The minimum absolute atomic E-state index is 0.0730. The van der Waals surface area contributed by atoms with E-state index in [4.69, 9.17) is 0 Å². The number of aliphatic hydroxyl groups excluding tert-OH is 1. The van der Waals surface area contributed by atoms with E-state index in [1.807, 2.05) is 0 Å². The van der Waals surface area contributed by atoms with Crippen LogP contribution >= 0.6 is 0 Å². The number of rotatable bonds is 9. The van der Waals surface area contributed by atoms with Crippen LogP contribution in [-0.4, -0.2) is 137 Å². The second-order valence-corrected chi connectivity index (χ2v) is 19.0. The van der Waals surface area contributed by atoms with E-state index in [1.165, 1.54) is 123 Å². The highest BCUT2D eigenvalue weighted by Crippen LogP contribution is 2.23. The molecule has 0 aromatic heterocycles. The van der Waals surface area contributed by atoms with Crippen LogP contribution in [0.15, 0.2) is 0 Å². The van der Waals surface area contributed by atoms with Crippen molar-refractivity contribution in [1.82, 2.24) is 24.5 Å². The standard InChI is InChI=1S/C11H21NO.2C10H21N.C8H17NO.C8H17N/c1-9(2)12-6-4-11(5-7-12)8-10(3)13;2*1-4-10-5-7-11(8-6-10)9(2)3;1-7(2)9-5-3-4-8(10)6-9;1-8(2)9-6-4-3-5-7-9/h9,11H,4-8H2,1-3H3;2*9-10H,4-8H2,1-3H3;7-8,10H,3-6H2,1-2H3;8H,3-7H2,1-2H3. The molecule has 0 bridgehead atoms.